The molecule has 3 rings (SSSR count). The number of nitrogens with two attached hydrogens (primary N) is 1. The first-order valence-corrected chi connectivity index (χ1v) is 7.82. The van der Waals surface area contributed by atoms with E-state index in [2.05, 4.69) is 36.8 Å². The van der Waals surface area contributed by atoms with Gasteiger partial charge in [-0.25, -0.2) is 4.98 Å². The molecule has 3 aromatic rings. The van der Waals surface area contributed by atoms with Crippen LogP contribution in [0, 0.1) is 0 Å². The Morgan fingerprint density at radius 2 is 2.00 bits per heavy atom. The fraction of sp³-hybridized carbons (Fsp3) is 0.0667. The maximum atomic E-state index is 12.6. The molecule has 0 spiro atoms. The molecule has 6 heteroatoms. The van der Waals surface area contributed by atoms with E-state index in [1.165, 1.54) is 0 Å². The first-order chi connectivity index (χ1) is 10.1. The quantitative estimate of drug-likeness (QED) is 0.659. The summed E-state index contributed by atoms with van der Waals surface area (Å²) < 4.78 is 3.29. The standard InChI is InChI=1S/C15H11Br2N3O/c16-9-4-5-14-10(6-9)15(21)20(8-19-14)7-11-12(17)2-1-3-13(11)18/h1-6,8H,7,18H2. The van der Waals surface area contributed by atoms with Crippen molar-refractivity contribution in [2.24, 2.45) is 0 Å². The molecule has 0 unspecified atom stereocenters. The molecule has 0 aliphatic heterocycles. The Hall–Kier alpha value is -1.66. The van der Waals surface area contributed by atoms with Crippen molar-refractivity contribution in [2.45, 2.75) is 6.54 Å². The van der Waals surface area contributed by atoms with Gasteiger partial charge in [0.15, 0.2) is 0 Å². The minimum absolute atomic E-state index is 0.0866. The van der Waals surface area contributed by atoms with Gasteiger partial charge in [-0.1, -0.05) is 37.9 Å². The molecule has 0 amide bonds. The van der Waals surface area contributed by atoms with E-state index in [-0.39, 0.29) is 5.56 Å². The summed E-state index contributed by atoms with van der Waals surface area (Å²) in [5, 5.41) is 0.581. The lowest BCUT2D eigenvalue weighted by Crippen LogP contribution is -2.21. The first kappa shape index (κ1) is 14.3. The second-order valence-electron chi connectivity index (χ2n) is 4.65. The summed E-state index contributed by atoms with van der Waals surface area (Å²) in [7, 11) is 0. The van der Waals surface area contributed by atoms with Crippen LogP contribution >= 0.6 is 31.9 Å². The summed E-state index contributed by atoms with van der Waals surface area (Å²) in [4.78, 5) is 16.9. The van der Waals surface area contributed by atoms with Crippen molar-refractivity contribution in [1.82, 2.24) is 9.55 Å². The summed E-state index contributed by atoms with van der Waals surface area (Å²) in [6.45, 7) is 0.377. The third kappa shape index (κ3) is 2.73. The molecule has 4 nitrogen and oxygen atoms in total. The van der Waals surface area contributed by atoms with E-state index >= 15 is 0 Å². The van der Waals surface area contributed by atoms with Gasteiger partial charge in [-0.3, -0.25) is 9.36 Å². The Labute approximate surface area is 137 Å². The SMILES string of the molecule is Nc1cccc(Br)c1Cn1cnc2ccc(Br)cc2c1=O. The highest BCUT2D eigenvalue weighted by atomic mass is 79.9. The number of nitrogens with zero attached hydrogens (tertiary/aromatic N) is 2. The predicted octanol–water partition coefficient (Wildman–Crippen LogP) is 3.55. The monoisotopic (exact) mass is 407 g/mol. The van der Waals surface area contributed by atoms with Crippen LogP contribution in [0.4, 0.5) is 5.69 Å². The zero-order valence-corrected chi connectivity index (χ0v) is 14.1. The van der Waals surface area contributed by atoms with Gasteiger partial charge in [0.2, 0.25) is 0 Å². The molecular formula is C15H11Br2N3O. The molecule has 1 aromatic heterocycles. The number of aromatic nitrogens is 2. The second kappa shape index (κ2) is 5.61. The second-order valence-corrected chi connectivity index (χ2v) is 6.42. The number of rotatable bonds is 2. The molecule has 106 valence electrons. The van der Waals surface area contributed by atoms with E-state index in [1.807, 2.05) is 30.3 Å². The molecule has 0 aliphatic carbocycles. The number of halogens is 2. The number of hydrogen-bond acceptors (Lipinski definition) is 3. The highest BCUT2D eigenvalue weighted by Crippen LogP contribution is 2.23. The molecule has 2 N–H and O–H groups in total. The molecule has 0 aliphatic rings. The minimum Gasteiger partial charge on any atom is -0.398 e. The van der Waals surface area contributed by atoms with Gasteiger partial charge in [0.05, 0.1) is 23.8 Å². The van der Waals surface area contributed by atoms with Crippen molar-refractivity contribution in [3.05, 3.63) is 67.6 Å². The Bertz CT molecular complexity index is 869. The smallest absolute Gasteiger partial charge is 0.261 e. The molecule has 2 aromatic carbocycles. The third-order valence-electron chi connectivity index (χ3n) is 3.27. The van der Waals surface area contributed by atoms with Crippen molar-refractivity contribution >= 4 is 48.5 Å². The summed E-state index contributed by atoms with van der Waals surface area (Å²) >= 11 is 6.84. The lowest BCUT2D eigenvalue weighted by Gasteiger charge is -2.11. The molecule has 0 fully saturated rings. The number of fused-ring (bicyclic) bond motifs is 1. The van der Waals surface area contributed by atoms with Gasteiger partial charge in [-0.2, -0.15) is 0 Å². The molecule has 0 bridgehead atoms. The maximum absolute atomic E-state index is 12.6. The van der Waals surface area contributed by atoms with Crippen molar-refractivity contribution in [1.29, 1.82) is 0 Å². The van der Waals surface area contributed by atoms with Crippen LogP contribution in [0.3, 0.4) is 0 Å². The van der Waals surface area contributed by atoms with Crippen LogP contribution in [-0.2, 0) is 6.54 Å². The summed E-state index contributed by atoms with van der Waals surface area (Å²) in [5.41, 5.74) is 8.09. The number of nitrogen functional groups attached to an aromatic ring is 1. The van der Waals surface area contributed by atoms with Gasteiger partial charge >= 0.3 is 0 Å². The molecule has 1 heterocycles. The van der Waals surface area contributed by atoms with Crippen molar-refractivity contribution < 1.29 is 0 Å². The van der Waals surface area contributed by atoms with Crippen LogP contribution in [0.5, 0.6) is 0 Å². The van der Waals surface area contributed by atoms with E-state index in [9.17, 15) is 4.79 Å². The van der Waals surface area contributed by atoms with Gasteiger partial charge in [0, 0.05) is 20.2 Å². The Balaban J connectivity index is 2.14. The maximum Gasteiger partial charge on any atom is 0.261 e. The Morgan fingerprint density at radius 3 is 2.76 bits per heavy atom. The topological polar surface area (TPSA) is 60.9 Å². The van der Waals surface area contributed by atoms with Crippen LogP contribution in [0.1, 0.15) is 5.56 Å². The average molecular weight is 409 g/mol. The first-order valence-electron chi connectivity index (χ1n) is 6.24. The van der Waals surface area contributed by atoms with Gasteiger partial charge in [-0.05, 0) is 30.3 Å². The van der Waals surface area contributed by atoms with Gasteiger partial charge in [-0.15, -0.1) is 0 Å². The van der Waals surface area contributed by atoms with Crippen LogP contribution in [0.25, 0.3) is 10.9 Å². The highest BCUT2D eigenvalue weighted by molar-refractivity contribution is 9.10. The third-order valence-corrected chi connectivity index (χ3v) is 4.51. The predicted molar refractivity (Wildman–Crippen MR) is 91.4 cm³/mol. The zero-order valence-electron chi connectivity index (χ0n) is 10.9. The van der Waals surface area contributed by atoms with Crippen LogP contribution in [0.2, 0.25) is 0 Å². The van der Waals surface area contributed by atoms with Gasteiger partial charge in [0.25, 0.3) is 5.56 Å². The Kier molecular flexibility index (Phi) is 3.82. The van der Waals surface area contributed by atoms with E-state index in [4.69, 9.17) is 5.73 Å². The van der Waals surface area contributed by atoms with Crippen LogP contribution in [0.15, 0.2) is 56.5 Å². The van der Waals surface area contributed by atoms with Crippen LogP contribution < -0.4 is 11.3 Å². The van der Waals surface area contributed by atoms with E-state index in [1.54, 1.807) is 17.0 Å². The zero-order chi connectivity index (χ0) is 15.0. The summed E-state index contributed by atoms with van der Waals surface area (Å²) in [6, 6.07) is 11.0. The molecule has 21 heavy (non-hydrogen) atoms. The average Bonchev–Trinajstić information content (AvgIpc) is 2.46. The number of benzene rings is 2. The molecule has 0 saturated carbocycles. The van der Waals surface area contributed by atoms with Crippen molar-refractivity contribution in [3.8, 4) is 0 Å². The van der Waals surface area contributed by atoms with Crippen LogP contribution in [-0.4, -0.2) is 9.55 Å². The summed E-state index contributed by atoms with van der Waals surface area (Å²) in [6.07, 6.45) is 1.55. The van der Waals surface area contributed by atoms with Crippen molar-refractivity contribution in [3.63, 3.8) is 0 Å². The molecule has 0 atom stereocenters. The van der Waals surface area contributed by atoms with E-state index in [0.29, 0.717) is 23.1 Å². The molecule has 0 radical (unpaired) electrons. The van der Waals surface area contributed by atoms with E-state index in [0.717, 1.165) is 14.5 Å². The number of anilines is 1. The van der Waals surface area contributed by atoms with Gasteiger partial charge in [0.1, 0.15) is 0 Å². The minimum atomic E-state index is -0.0866. The van der Waals surface area contributed by atoms with Crippen molar-refractivity contribution in [2.75, 3.05) is 5.73 Å². The fourth-order valence-corrected chi connectivity index (χ4v) is 3.02. The lowest BCUT2D eigenvalue weighted by molar-refractivity contribution is 0.747. The normalized spacial score (nSPS) is 11.0. The summed E-state index contributed by atoms with van der Waals surface area (Å²) in [5.74, 6) is 0. The lowest BCUT2D eigenvalue weighted by atomic mass is 10.2. The largest absolute Gasteiger partial charge is 0.398 e. The van der Waals surface area contributed by atoms with E-state index < -0.39 is 0 Å². The van der Waals surface area contributed by atoms with Gasteiger partial charge < -0.3 is 5.73 Å². The Morgan fingerprint density at radius 1 is 1.19 bits per heavy atom. The molecule has 0 saturated heterocycles. The fourth-order valence-electron chi connectivity index (χ4n) is 2.16. The molecular weight excluding hydrogens is 398 g/mol. The highest BCUT2D eigenvalue weighted by Gasteiger charge is 2.09. The number of hydrogen-bond donors (Lipinski definition) is 1.